The van der Waals surface area contributed by atoms with Gasteiger partial charge in [0.05, 0.1) is 13.0 Å². The number of hydrogen-bond donors (Lipinski definition) is 1. The van der Waals surface area contributed by atoms with Crippen molar-refractivity contribution in [2.24, 2.45) is 5.92 Å². The molecule has 0 radical (unpaired) electrons. The van der Waals surface area contributed by atoms with Gasteiger partial charge < -0.3 is 14.6 Å². The highest BCUT2D eigenvalue weighted by atomic mass is 16.5. The summed E-state index contributed by atoms with van der Waals surface area (Å²) in [5.74, 6) is -0.484. The normalized spacial score (nSPS) is 12.1. The maximum Gasteiger partial charge on any atom is 0.306 e. The molecule has 1 N–H and O–H groups in total. The molecule has 1 aromatic rings. The lowest BCUT2D eigenvalue weighted by Gasteiger charge is -2.14. The Balaban J connectivity index is 2.60. The monoisotopic (exact) mass is 266 g/mol. The van der Waals surface area contributed by atoms with Crippen LogP contribution in [0.15, 0.2) is 24.3 Å². The van der Waals surface area contributed by atoms with Crippen molar-refractivity contribution in [2.75, 3.05) is 20.3 Å². The van der Waals surface area contributed by atoms with Gasteiger partial charge in [0, 0.05) is 13.2 Å². The van der Waals surface area contributed by atoms with Gasteiger partial charge in [-0.05, 0) is 30.9 Å². The van der Waals surface area contributed by atoms with E-state index in [1.54, 1.807) is 7.11 Å². The number of ether oxygens (including phenoxy) is 2. The number of carboxylic acid groups (broad SMARTS) is 1. The predicted molar refractivity (Wildman–Crippen MR) is 73.6 cm³/mol. The smallest absolute Gasteiger partial charge is 0.306 e. The standard InChI is InChI=1S/C15H22O4/c1-3-9-19-10-8-13(15(16)17)11-12-6-4-5-7-14(12)18-2/h4-7,13H,3,8-11H2,1-2H3,(H,16,17). The van der Waals surface area contributed by atoms with Crippen molar-refractivity contribution >= 4 is 5.97 Å². The Kier molecular flexibility index (Phi) is 6.97. The van der Waals surface area contributed by atoms with Crippen molar-refractivity contribution < 1.29 is 19.4 Å². The van der Waals surface area contributed by atoms with Gasteiger partial charge in [0.25, 0.3) is 0 Å². The summed E-state index contributed by atoms with van der Waals surface area (Å²) in [6.07, 6.45) is 1.94. The first-order chi connectivity index (χ1) is 9.19. The fourth-order valence-corrected chi connectivity index (χ4v) is 1.92. The second-order valence-electron chi connectivity index (χ2n) is 4.45. The molecule has 0 bridgehead atoms. The summed E-state index contributed by atoms with van der Waals surface area (Å²) in [5.41, 5.74) is 0.924. The van der Waals surface area contributed by atoms with Gasteiger partial charge >= 0.3 is 5.97 Å². The zero-order chi connectivity index (χ0) is 14.1. The summed E-state index contributed by atoms with van der Waals surface area (Å²) in [7, 11) is 1.60. The second kappa shape index (κ2) is 8.53. The number of rotatable bonds is 9. The van der Waals surface area contributed by atoms with Crippen molar-refractivity contribution in [3.8, 4) is 5.75 Å². The fraction of sp³-hybridized carbons (Fsp3) is 0.533. The van der Waals surface area contributed by atoms with Crippen LogP contribution in [0.3, 0.4) is 0 Å². The van der Waals surface area contributed by atoms with E-state index in [4.69, 9.17) is 9.47 Å². The van der Waals surface area contributed by atoms with Gasteiger partial charge in [-0.2, -0.15) is 0 Å². The highest BCUT2D eigenvalue weighted by Crippen LogP contribution is 2.22. The predicted octanol–water partition coefficient (Wildman–Crippen LogP) is 2.76. The van der Waals surface area contributed by atoms with E-state index in [1.165, 1.54) is 0 Å². The molecule has 4 nitrogen and oxygen atoms in total. The number of para-hydroxylation sites is 1. The highest BCUT2D eigenvalue weighted by Gasteiger charge is 2.19. The Bertz CT molecular complexity index is 389. The van der Waals surface area contributed by atoms with E-state index < -0.39 is 11.9 Å². The first kappa shape index (κ1) is 15.5. The topological polar surface area (TPSA) is 55.8 Å². The third-order valence-corrected chi connectivity index (χ3v) is 2.97. The maximum atomic E-state index is 11.3. The maximum absolute atomic E-state index is 11.3. The number of carbonyl (C=O) groups is 1. The molecule has 19 heavy (non-hydrogen) atoms. The molecule has 0 aliphatic rings. The average molecular weight is 266 g/mol. The lowest BCUT2D eigenvalue weighted by Crippen LogP contribution is -2.19. The number of aliphatic carboxylic acids is 1. The Labute approximate surface area is 114 Å². The molecule has 0 heterocycles. The van der Waals surface area contributed by atoms with Crippen LogP contribution in [0.1, 0.15) is 25.3 Å². The SMILES string of the molecule is CCCOCCC(Cc1ccccc1OC)C(=O)O. The van der Waals surface area contributed by atoms with Crippen LogP contribution in [-0.2, 0) is 16.0 Å². The number of methoxy groups -OCH3 is 1. The number of benzene rings is 1. The molecule has 0 aliphatic carbocycles. The van der Waals surface area contributed by atoms with Crippen LogP contribution in [0.5, 0.6) is 5.75 Å². The van der Waals surface area contributed by atoms with E-state index in [2.05, 4.69) is 0 Å². The number of carboxylic acids is 1. The van der Waals surface area contributed by atoms with Gasteiger partial charge in [0.15, 0.2) is 0 Å². The molecule has 1 unspecified atom stereocenters. The van der Waals surface area contributed by atoms with Crippen LogP contribution in [0.4, 0.5) is 0 Å². The van der Waals surface area contributed by atoms with Crippen LogP contribution in [0.2, 0.25) is 0 Å². The summed E-state index contributed by atoms with van der Waals surface area (Å²) in [6, 6.07) is 7.52. The minimum Gasteiger partial charge on any atom is -0.496 e. The Morgan fingerprint density at radius 1 is 1.32 bits per heavy atom. The molecule has 0 aromatic heterocycles. The van der Waals surface area contributed by atoms with Gasteiger partial charge in [0.1, 0.15) is 5.75 Å². The van der Waals surface area contributed by atoms with E-state index in [1.807, 2.05) is 31.2 Å². The van der Waals surface area contributed by atoms with Crippen LogP contribution in [0.25, 0.3) is 0 Å². The van der Waals surface area contributed by atoms with Gasteiger partial charge in [-0.15, -0.1) is 0 Å². The molecule has 0 amide bonds. The van der Waals surface area contributed by atoms with Gasteiger partial charge in [-0.25, -0.2) is 0 Å². The Morgan fingerprint density at radius 3 is 2.68 bits per heavy atom. The molecule has 0 spiro atoms. The van der Waals surface area contributed by atoms with Crippen molar-refractivity contribution in [1.29, 1.82) is 0 Å². The van der Waals surface area contributed by atoms with Crippen molar-refractivity contribution in [3.05, 3.63) is 29.8 Å². The van der Waals surface area contributed by atoms with Crippen LogP contribution in [0, 0.1) is 5.92 Å². The van der Waals surface area contributed by atoms with E-state index >= 15 is 0 Å². The molecule has 0 saturated carbocycles. The average Bonchev–Trinajstić information content (AvgIpc) is 2.42. The Morgan fingerprint density at radius 2 is 2.05 bits per heavy atom. The molecule has 0 fully saturated rings. The molecule has 0 saturated heterocycles. The molecule has 1 aromatic carbocycles. The summed E-state index contributed by atoms with van der Waals surface area (Å²) in [5, 5.41) is 9.26. The summed E-state index contributed by atoms with van der Waals surface area (Å²) in [4.78, 5) is 11.3. The molecule has 106 valence electrons. The lowest BCUT2D eigenvalue weighted by molar-refractivity contribution is -0.142. The zero-order valence-electron chi connectivity index (χ0n) is 11.6. The summed E-state index contributed by atoms with van der Waals surface area (Å²) >= 11 is 0. The number of hydrogen-bond acceptors (Lipinski definition) is 3. The molecular formula is C15H22O4. The van der Waals surface area contributed by atoms with Crippen LogP contribution >= 0.6 is 0 Å². The molecule has 4 heteroatoms. The fourth-order valence-electron chi connectivity index (χ4n) is 1.92. The molecule has 0 aliphatic heterocycles. The van der Waals surface area contributed by atoms with Crippen molar-refractivity contribution in [2.45, 2.75) is 26.2 Å². The van der Waals surface area contributed by atoms with E-state index in [9.17, 15) is 9.90 Å². The van der Waals surface area contributed by atoms with E-state index in [-0.39, 0.29) is 0 Å². The third-order valence-electron chi connectivity index (χ3n) is 2.97. The highest BCUT2D eigenvalue weighted by molar-refractivity contribution is 5.70. The van der Waals surface area contributed by atoms with E-state index in [0.717, 1.165) is 17.7 Å². The lowest BCUT2D eigenvalue weighted by atomic mass is 9.96. The van der Waals surface area contributed by atoms with Crippen LogP contribution in [-0.4, -0.2) is 31.4 Å². The van der Waals surface area contributed by atoms with Gasteiger partial charge in [0.2, 0.25) is 0 Å². The quantitative estimate of drug-likeness (QED) is 0.698. The first-order valence-corrected chi connectivity index (χ1v) is 6.61. The largest absolute Gasteiger partial charge is 0.496 e. The minimum atomic E-state index is -0.786. The van der Waals surface area contributed by atoms with Crippen molar-refractivity contribution in [3.63, 3.8) is 0 Å². The molecule has 1 rings (SSSR count). The second-order valence-corrected chi connectivity index (χ2v) is 4.45. The van der Waals surface area contributed by atoms with E-state index in [0.29, 0.717) is 26.1 Å². The zero-order valence-corrected chi connectivity index (χ0v) is 11.6. The minimum absolute atomic E-state index is 0.437. The third kappa shape index (κ3) is 5.30. The van der Waals surface area contributed by atoms with Crippen molar-refractivity contribution in [1.82, 2.24) is 0 Å². The van der Waals surface area contributed by atoms with Gasteiger partial charge in [-0.1, -0.05) is 25.1 Å². The summed E-state index contributed by atoms with van der Waals surface area (Å²) in [6.45, 7) is 3.20. The molecule has 1 atom stereocenters. The Hall–Kier alpha value is -1.55. The van der Waals surface area contributed by atoms with Crippen LogP contribution < -0.4 is 4.74 Å². The van der Waals surface area contributed by atoms with Gasteiger partial charge in [-0.3, -0.25) is 4.79 Å². The first-order valence-electron chi connectivity index (χ1n) is 6.61. The molecular weight excluding hydrogens is 244 g/mol. The summed E-state index contributed by atoms with van der Waals surface area (Å²) < 4.78 is 10.6.